The number of nitrogens with one attached hydrogen (secondary N) is 1. The summed E-state index contributed by atoms with van der Waals surface area (Å²) in [5, 5.41) is 16.7. The second-order valence-electron chi connectivity index (χ2n) is 6.25. The number of amides is 1. The predicted octanol–water partition coefficient (Wildman–Crippen LogP) is 2.06. The normalized spacial score (nSPS) is 13.4. The summed E-state index contributed by atoms with van der Waals surface area (Å²) < 4.78 is 5.03. The minimum atomic E-state index is -0.210. The Bertz CT molecular complexity index is 643. The third-order valence-corrected chi connectivity index (χ3v) is 3.54. The number of rotatable bonds is 4. The van der Waals surface area contributed by atoms with Gasteiger partial charge in [-0.25, -0.2) is 4.98 Å². The van der Waals surface area contributed by atoms with Crippen LogP contribution in [0.2, 0.25) is 0 Å². The van der Waals surface area contributed by atoms with Crippen LogP contribution < -0.4 is 5.32 Å². The Balaban J connectivity index is 2.22. The number of aliphatic hydroxyl groups excluding tert-OH is 1. The van der Waals surface area contributed by atoms with Gasteiger partial charge in [0.15, 0.2) is 0 Å². The fraction of sp³-hybridized carbons (Fsp3) is 0.533. The standard InChI is InChI=1S/C15H21N3O3/c1-9-11-7-10(8-16-14(11)21-18-9)13(20)17-12(5-6-19)15(2,3)4/h7-8,12,19H,5-6H2,1-4H3,(H,17,20). The van der Waals surface area contributed by atoms with E-state index >= 15 is 0 Å². The molecule has 0 fully saturated rings. The van der Waals surface area contributed by atoms with E-state index in [1.54, 1.807) is 13.0 Å². The molecule has 2 N–H and O–H groups in total. The molecule has 0 radical (unpaired) electrons. The summed E-state index contributed by atoms with van der Waals surface area (Å²) in [7, 11) is 0. The Labute approximate surface area is 123 Å². The molecule has 0 spiro atoms. The van der Waals surface area contributed by atoms with Crippen molar-refractivity contribution in [3.05, 3.63) is 23.5 Å². The number of aliphatic hydroxyl groups is 1. The van der Waals surface area contributed by atoms with E-state index in [4.69, 9.17) is 9.63 Å². The Hall–Kier alpha value is -1.95. The zero-order chi connectivity index (χ0) is 15.6. The minimum absolute atomic E-state index is 0.0320. The van der Waals surface area contributed by atoms with Gasteiger partial charge in [-0.2, -0.15) is 0 Å². The van der Waals surface area contributed by atoms with Gasteiger partial charge < -0.3 is 14.9 Å². The fourth-order valence-corrected chi connectivity index (χ4v) is 2.16. The van der Waals surface area contributed by atoms with Crippen LogP contribution in [0.4, 0.5) is 0 Å². The van der Waals surface area contributed by atoms with Crippen molar-refractivity contribution < 1.29 is 14.4 Å². The smallest absolute Gasteiger partial charge is 0.257 e. The van der Waals surface area contributed by atoms with Crippen LogP contribution in [0.15, 0.2) is 16.8 Å². The van der Waals surface area contributed by atoms with Crippen LogP contribution in [0.5, 0.6) is 0 Å². The minimum Gasteiger partial charge on any atom is -0.396 e. The maximum Gasteiger partial charge on any atom is 0.257 e. The van der Waals surface area contributed by atoms with Crippen LogP contribution in [0.1, 0.15) is 43.2 Å². The monoisotopic (exact) mass is 291 g/mol. The molecule has 0 bridgehead atoms. The molecule has 2 heterocycles. The van der Waals surface area contributed by atoms with E-state index in [2.05, 4.69) is 15.5 Å². The molecule has 2 rings (SSSR count). The Kier molecular flexibility index (Phi) is 4.27. The Morgan fingerprint density at radius 1 is 1.48 bits per heavy atom. The number of hydrogen-bond acceptors (Lipinski definition) is 5. The van der Waals surface area contributed by atoms with Gasteiger partial charge in [0.05, 0.1) is 16.6 Å². The highest BCUT2D eigenvalue weighted by atomic mass is 16.5. The summed E-state index contributed by atoms with van der Waals surface area (Å²) in [4.78, 5) is 16.5. The molecule has 21 heavy (non-hydrogen) atoms. The largest absolute Gasteiger partial charge is 0.396 e. The summed E-state index contributed by atoms with van der Waals surface area (Å²) in [6.07, 6.45) is 1.98. The first-order valence-corrected chi connectivity index (χ1v) is 6.96. The van der Waals surface area contributed by atoms with Crippen LogP contribution in [-0.2, 0) is 0 Å². The topological polar surface area (TPSA) is 88.2 Å². The van der Waals surface area contributed by atoms with Gasteiger partial charge in [0.25, 0.3) is 11.6 Å². The maximum absolute atomic E-state index is 12.4. The molecule has 0 aliphatic heterocycles. The highest BCUT2D eigenvalue weighted by Crippen LogP contribution is 2.22. The van der Waals surface area contributed by atoms with Crippen LogP contribution in [-0.4, -0.2) is 33.8 Å². The SMILES string of the molecule is Cc1noc2ncc(C(=O)NC(CCO)C(C)(C)C)cc12. The van der Waals surface area contributed by atoms with Crippen molar-refractivity contribution in [2.24, 2.45) is 5.41 Å². The predicted molar refractivity (Wildman–Crippen MR) is 79.0 cm³/mol. The van der Waals surface area contributed by atoms with Gasteiger partial charge in [0.1, 0.15) is 0 Å². The van der Waals surface area contributed by atoms with Crippen molar-refractivity contribution in [1.29, 1.82) is 0 Å². The number of hydrogen-bond donors (Lipinski definition) is 2. The van der Waals surface area contributed by atoms with Crippen LogP contribution >= 0.6 is 0 Å². The first kappa shape index (κ1) is 15.4. The molecule has 6 heteroatoms. The third-order valence-electron chi connectivity index (χ3n) is 3.54. The van der Waals surface area contributed by atoms with Crippen molar-refractivity contribution in [3.63, 3.8) is 0 Å². The van der Waals surface area contributed by atoms with E-state index in [9.17, 15) is 4.79 Å². The summed E-state index contributed by atoms with van der Waals surface area (Å²) in [5.74, 6) is -0.210. The van der Waals surface area contributed by atoms with E-state index in [0.717, 1.165) is 5.39 Å². The number of fused-ring (bicyclic) bond motifs is 1. The number of carbonyl (C=O) groups is 1. The third kappa shape index (κ3) is 3.39. The van der Waals surface area contributed by atoms with Crippen LogP contribution in [0.25, 0.3) is 11.1 Å². The van der Waals surface area contributed by atoms with E-state index < -0.39 is 0 Å². The lowest BCUT2D eigenvalue weighted by Gasteiger charge is -2.31. The van der Waals surface area contributed by atoms with Gasteiger partial charge in [0.2, 0.25) is 0 Å². The molecule has 1 atom stereocenters. The molecule has 1 unspecified atom stereocenters. The molecule has 0 aliphatic carbocycles. The first-order chi connectivity index (χ1) is 9.82. The number of aryl methyl sites for hydroxylation is 1. The zero-order valence-electron chi connectivity index (χ0n) is 12.8. The van der Waals surface area contributed by atoms with Gasteiger partial charge in [-0.3, -0.25) is 4.79 Å². The molecule has 0 aromatic carbocycles. The molecule has 0 aliphatic rings. The van der Waals surface area contributed by atoms with Gasteiger partial charge in [0, 0.05) is 18.8 Å². The van der Waals surface area contributed by atoms with Crippen molar-refractivity contribution in [1.82, 2.24) is 15.5 Å². The summed E-state index contributed by atoms with van der Waals surface area (Å²) >= 11 is 0. The van der Waals surface area contributed by atoms with Crippen molar-refractivity contribution >= 4 is 17.0 Å². The number of nitrogens with zero attached hydrogens (tertiary/aromatic N) is 2. The second-order valence-corrected chi connectivity index (χ2v) is 6.25. The molecular formula is C15H21N3O3. The van der Waals surface area contributed by atoms with Crippen molar-refractivity contribution in [3.8, 4) is 0 Å². The average molecular weight is 291 g/mol. The first-order valence-electron chi connectivity index (χ1n) is 6.96. The van der Waals surface area contributed by atoms with Crippen molar-refractivity contribution in [2.45, 2.75) is 40.2 Å². The van der Waals surface area contributed by atoms with E-state index in [1.807, 2.05) is 20.8 Å². The lowest BCUT2D eigenvalue weighted by Crippen LogP contribution is -2.44. The molecule has 0 saturated heterocycles. The van der Waals surface area contributed by atoms with Crippen LogP contribution in [0, 0.1) is 12.3 Å². The quantitative estimate of drug-likeness (QED) is 0.900. The molecule has 2 aromatic rings. The summed E-state index contributed by atoms with van der Waals surface area (Å²) in [5.41, 5.74) is 1.45. The van der Waals surface area contributed by atoms with Gasteiger partial charge in [-0.05, 0) is 24.8 Å². The van der Waals surface area contributed by atoms with Crippen molar-refractivity contribution in [2.75, 3.05) is 6.61 Å². The van der Waals surface area contributed by atoms with E-state index in [0.29, 0.717) is 23.4 Å². The average Bonchev–Trinajstić information content (AvgIpc) is 2.78. The molecule has 6 nitrogen and oxygen atoms in total. The highest BCUT2D eigenvalue weighted by Gasteiger charge is 2.26. The fourth-order valence-electron chi connectivity index (χ4n) is 2.16. The van der Waals surface area contributed by atoms with Crippen LogP contribution in [0.3, 0.4) is 0 Å². The molecular weight excluding hydrogens is 270 g/mol. The van der Waals surface area contributed by atoms with E-state index in [1.165, 1.54) is 6.20 Å². The molecule has 0 saturated carbocycles. The number of pyridine rings is 1. The van der Waals surface area contributed by atoms with Gasteiger partial charge in [-0.15, -0.1) is 0 Å². The van der Waals surface area contributed by atoms with E-state index in [-0.39, 0.29) is 24.0 Å². The summed E-state index contributed by atoms with van der Waals surface area (Å²) in [6.45, 7) is 7.92. The Morgan fingerprint density at radius 2 is 2.19 bits per heavy atom. The van der Waals surface area contributed by atoms with Gasteiger partial charge in [-0.1, -0.05) is 25.9 Å². The molecule has 114 valence electrons. The van der Waals surface area contributed by atoms with Gasteiger partial charge >= 0.3 is 0 Å². The number of aromatic nitrogens is 2. The number of carbonyl (C=O) groups excluding carboxylic acids is 1. The molecule has 1 amide bonds. The lowest BCUT2D eigenvalue weighted by atomic mass is 9.85. The second kappa shape index (κ2) is 5.81. The zero-order valence-corrected chi connectivity index (χ0v) is 12.8. The maximum atomic E-state index is 12.4. The highest BCUT2D eigenvalue weighted by molar-refractivity contribution is 5.97. The lowest BCUT2D eigenvalue weighted by molar-refractivity contribution is 0.0885. The summed E-state index contributed by atoms with van der Waals surface area (Å²) in [6, 6.07) is 1.61. The Morgan fingerprint density at radius 3 is 2.81 bits per heavy atom. The molecule has 2 aromatic heterocycles.